The first kappa shape index (κ1) is 14.3. The highest BCUT2D eigenvalue weighted by molar-refractivity contribution is 5.99. The normalized spacial score (nSPS) is 12.5. The van der Waals surface area contributed by atoms with Crippen molar-refractivity contribution in [3.63, 3.8) is 0 Å². The molecule has 0 bridgehead atoms. The summed E-state index contributed by atoms with van der Waals surface area (Å²) in [7, 11) is 0. The molecule has 0 unspecified atom stereocenters. The molecule has 2 nitrogen and oxygen atoms in total. The van der Waals surface area contributed by atoms with Crippen LogP contribution in [0.3, 0.4) is 0 Å². The van der Waals surface area contributed by atoms with E-state index in [0.717, 1.165) is 11.3 Å². The molecule has 0 saturated heterocycles. The van der Waals surface area contributed by atoms with E-state index in [1.807, 2.05) is 42.5 Å². The van der Waals surface area contributed by atoms with Crippen LogP contribution in [0, 0.1) is 6.92 Å². The summed E-state index contributed by atoms with van der Waals surface area (Å²) in [5.74, 6) is 0.557. The van der Waals surface area contributed by atoms with Crippen LogP contribution in [0.1, 0.15) is 37.5 Å². The number of benzene rings is 2. The zero-order chi connectivity index (χ0) is 14.8. The van der Waals surface area contributed by atoms with Gasteiger partial charge in [-0.05, 0) is 24.0 Å². The Morgan fingerprint density at radius 3 is 2.15 bits per heavy atom. The van der Waals surface area contributed by atoms with Crippen molar-refractivity contribution in [2.75, 3.05) is 0 Å². The third-order valence-electron chi connectivity index (χ3n) is 3.30. The van der Waals surface area contributed by atoms with Gasteiger partial charge in [-0.25, -0.2) is 4.99 Å². The number of amidine groups is 1. The quantitative estimate of drug-likeness (QED) is 0.637. The average molecular weight is 266 g/mol. The van der Waals surface area contributed by atoms with Crippen LogP contribution >= 0.6 is 0 Å². The molecule has 0 heterocycles. The van der Waals surface area contributed by atoms with Gasteiger partial charge in [-0.3, -0.25) is 0 Å². The molecule has 0 saturated carbocycles. The molecule has 0 spiro atoms. The third kappa shape index (κ3) is 3.27. The molecule has 0 aromatic heterocycles. The highest BCUT2D eigenvalue weighted by Crippen LogP contribution is 2.31. The Labute approximate surface area is 121 Å². The van der Waals surface area contributed by atoms with Crippen LogP contribution in [0.5, 0.6) is 0 Å². The second-order valence-electron chi connectivity index (χ2n) is 6.13. The van der Waals surface area contributed by atoms with Crippen molar-refractivity contribution in [3.8, 4) is 0 Å². The molecule has 2 aromatic carbocycles. The molecule has 0 atom stereocenters. The lowest BCUT2D eigenvalue weighted by Gasteiger charge is -2.21. The maximum absolute atomic E-state index is 6.14. The van der Waals surface area contributed by atoms with Gasteiger partial charge in [0.25, 0.3) is 0 Å². The Morgan fingerprint density at radius 1 is 0.950 bits per heavy atom. The Bertz CT molecular complexity index is 617. The van der Waals surface area contributed by atoms with Crippen molar-refractivity contribution in [2.24, 2.45) is 10.7 Å². The predicted molar refractivity (Wildman–Crippen MR) is 86.7 cm³/mol. The molecular formula is C18H22N2. The third-order valence-corrected chi connectivity index (χ3v) is 3.30. The lowest BCUT2D eigenvalue weighted by Crippen LogP contribution is -2.15. The first-order valence-corrected chi connectivity index (χ1v) is 6.88. The molecule has 2 N–H and O–H groups in total. The van der Waals surface area contributed by atoms with Gasteiger partial charge in [0, 0.05) is 5.56 Å². The molecule has 2 rings (SSSR count). The van der Waals surface area contributed by atoms with Crippen molar-refractivity contribution in [1.82, 2.24) is 0 Å². The van der Waals surface area contributed by atoms with Gasteiger partial charge in [0.15, 0.2) is 0 Å². The number of hydrogen-bond donors (Lipinski definition) is 1. The van der Waals surface area contributed by atoms with Gasteiger partial charge >= 0.3 is 0 Å². The van der Waals surface area contributed by atoms with E-state index >= 15 is 0 Å². The Morgan fingerprint density at radius 2 is 1.55 bits per heavy atom. The predicted octanol–water partition coefficient (Wildman–Crippen LogP) is 4.33. The molecule has 2 heteroatoms. The summed E-state index contributed by atoms with van der Waals surface area (Å²) in [6, 6.07) is 16.3. The molecule has 0 aliphatic rings. The van der Waals surface area contributed by atoms with E-state index in [1.54, 1.807) is 0 Å². The summed E-state index contributed by atoms with van der Waals surface area (Å²) < 4.78 is 0. The second kappa shape index (κ2) is 5.49. The number of para-hydroxylation sites is 1. The van der Waals surface area contributed by atoms with Gasteiger partial charge in [0.05, 0.1) is 5.69 Å². The lowest BCUT2D eigenvalue weighted by atomic mass is 9.86. The van der Waals surface area contributed by atoms with Gasteiger partial charge in [-0.1, -0.05) is 68.8 Å². The minimum Gasteiger partial charge on any atom is -0.383 e. The van der Waals surface area contributed by atoms with E-state index in [0.29, 0.717) is 5.84 Å². The maximum atomic E-state index is 6.14. The molecule has 20 heavy (non-hydrogen) atoms. The first-order valence-electron chi connectivity index (χ1n) is 6.88. The van der Waals surface area contributed by atoms with Crippen molar-refractivity contribution in [2.45, 2.75) is 33.1 Å². The monoisotopic (exact) mass is 266 g/mol. The van der Waals surface area contributed by atoms with E-state index in [1.165, 1.54) is 11.1 Å². The average Bonchev–Trinajstić information content (AvgIpc) is 2.38. The number of nitrogens with two attached hydrogens (primary N) is 1. The second-order valence-corrected chi connectivity index (χ2v) is 6.13. The SMILES string of the molecule is Cc1ccc(/C(N)=N\c2ccccc2C(C)(C)C)cc1. The molecular weight excluding hydrogens is 244 g/mol. The highest BCUT2D eigenvalue weighted by Gasteiger charge is 2.17. The van der Waals surface area contributed by atoms with E-state index in [-0.39, 0.29) is 5.41 Å². The molecule has 0 amide bonds. The number of hydrogen-bond acceptors (Lipinski definition) is 1. The van der Waals surface area contributed by atoms with Crippen LogP contribution in [0.25, 0.3) is 0 Å². The number of aliphatic imine (C=N–C) groups is 1. The molecule has 0 radical (unpaired) electrons. The Kier molecular flexibility index (Phi) is 3.93. The fourth-order valence-electron chi connectivity index (χ4n) is 2.12. The van der Waals surface area contributed by atoms with Crippen LogP contribution in [0.15, 0.2) is 53.5 Å². The summed E-state index contributed by atoms with van der Waals surface area (Å²) in [5.41, 5.74) is 10.5. The topological polar surface area (TPSA) is 38.4 Å². The van der Waals surface area contributed by atoms with E-state index in [4.69, 9.17) is 5.73 Å². The maximum Gasteiger partial charge on any atom is 0.131 e. The first-order chi connectivity index (χ1) is 9.38. The number of nitrogens with zero attached hydrogens (tertiary/aromatic N) is 1. The molecule has 0 aliphatic carbocycles. The molecule has 0 fully saturated rings. The van der Waals surface area contributed by atoms with Crippen molar-refractivity contribution < 1.29 is 0 Å². The van der Waals surface area contributed by atoms with Crippen LogP contribution in [-0.4, -0.2) is 5.84 Å². The summed E-state index contributed by atoms with van der Waals surface area (Å²) in [6.07, 6.45) is 0. The smallest absolute Gasteiger partial charge is 0.131 e. The van der Waals surface area contributed by atoms with Crippen LogP contribution in [0.2, 0.25) is 0 Å². The molecule has 0 aliphatic heterocycles. The van der Waals surface area contributed by atoms with Crippen molar-refractivity contribution in [1.29, 1.82) is 0 Å². The minimum absolute atomic E-state index is 0.0493. The van der Waals surface area contributed by atoms with Crippen molar-refractivity contribution in [3.05, 3.63) is 65.2 Å². The van der Waals surface area contributed by atoms with Gasteiger partial charge < -0.3 is 5.73 Å². The standard InChI is InChI=1S/C18H22N2/c1-13-9-11-14(12-10-13)17(19)20-16-8-6-5-7-15(16)18(2,3)4/h5-12H,1-4H3,(H2,19,20). The van der Waals surface area contributed by atoms with Gasteiger partial charge in [0.2, 0.25) is 0 Å². The van der Waals surface area contributed by atoms with Crippen LogP contribution in [0.4, 0.5) is 5.69 Å². The fraction of sp³-hybridized carbons (Fsp3) is 0.278. The van der Waals surface area contributed by atoms with Gasteiger partial charge in [0.1, 0.15) is 5.84 Å². The van der Waals surface area contributed by atoms with E-state index < -0.39 is 0 Å². The zero-order valence-electron chi connectivity index (χ0n) is 12.6. The fourth-order valence-corrected chi connectivity index (χ4v) is 2.12. The zero-order valence-corrected chi connectivity index (χ0v) is 12.6. The molecule has 2 aromatic rings. The Hall–Kier alpha value is -2.09. The number of aryl methyl sites for hydroxylation is 1. The minimum atomic E-state index is 0.0493. The van der Waals surface area contributed by atoms with Crippen molar-refractivity contribution >= 4 is 11.5 Å². The van der Waals surface area contributed by atoms with Gasteiger partial charge in [-0.2, -0.15) is 0 Å². The number of rotatable bonds is 2. The summed E-state index contributed by atoms with van der Waals surface area (Å²) in [5, 5.41) is 0. The lowest BCUT2D eigenvalue weighted by molar-refractivity contribution is 0.591. The largest absolute Gasteiger partial charge is 0.383 e. The summed E-state index contributed by atoms with van der Waals surface area (Å²) in [4.78, 5) is 4.62. The van der Waals surface area contributed by atoms with E-state index in [2.05, 4.69) is 38.8 Å². The van der Waals surface area contributed by atoms with E-state index in [9.17, 15) is 0 Å². The summed E-state index contributed by atoms with van der Waals surface area (Å²) >= 11 is 0. The molecule has 104 valence electrons. The Balaban J connectivity index is 2.43. The summed E-state index contributed by atoms with van der Waals surface area (Å²) in [6.45, 7) is 8.61. The van der Waals surface area contributed by atoms with Gasteiger partial charge in [-0.15, -0.1) is 0 Å². The van der Waals surface area contributed by atoms with Crippen LogP contribution in [-0.2, 0) is 5.41 Å². The highest BCUT2D eigenvalue weighted by atomic mass is 14.9. The van der Waals surface area contributed by atoms with Crippen LogP contribution < -0.4 is 5.73 Å².